The molecule has 0 amide bonds. The number of hydrogen-bond acceptors (Lipinski definition) is 2. The van der Waals surface area contributed by atoms with Gasteiger partial charge < -0.3 is 0 Å². The molecule has 0 aromatic rings. The molecule has 4 atom stereocenters. The Morgan fingerprint density at radius 3 is 2.54 bits per heavy atom. The highest BCUT2D eigenvalue weighted by molar-refractivity contribution is 4.90. The SMILES string of the molecule is CC1CC2CCC2CC1CCN=O. The summed E-state index contributed by atoms with van der Waals surface area (Å²) in [7, 11) is 0. The van der Waals surface area contributed by atoms with E-state index >= 15 is 0 Å². The van der Waals surface area contributed by atoms with E-state index in [-0.39, 0.29) is 0 Å². The van der Waals surface area contributed by atoms with Crippen LogP contribution < -0.4 is 0 Å². The lowest BCUT2D eigenvalue weighted by molar-refractivity contribution is 0.0399. The van der Waals surface area contributed by atoms with Crippen molar-refractivity contribution in [1.82, 2.24) is 0 Å². The highest BCUT2D eigenvalue weighted by atomic mass is 16.3. The molecule has 13 heavy (non-hydrogen) atoms. The van der Waals surface area contributed by atoms with Crippen LogP contribution in [0.4, 0.5) is 0 Å². The Labute approximate surface area is 80.1 Å². The smallest absolute Gasteiger partial charge is 0.0813 e. The van der Waals surface area contributed by atoms with Crippen LogP contribution in [0.3, 0.4) is 0 Å². The van der Waals surface area contributed by atoms with Crippen molar-refractivity contribution in [2.45, 2.75) is 39.0 Å². The largest absolute Gasteiger partial charge is 0.151 e. The molecule has 0 radical (unpaired) electrons. The lowest BCUT2D eigenvalue weighted by Gasteiger charge is -2.47. The van der Waals surface area contributed by atoms with Gasteiger partial charge in [-0.05, 0) is 55.8 Å². The third-order valence-electron chi connectivity index (χ3n) is 4.25. The molecule has 2 rings (SSSR count). The highest BCUT2D eigenvalue weighted by Gasteiger charge is 2.39. The molecule has 2 aliphatic rings. The summed E-state index contributed by atoms with van der Waals surface area (Å²) in [6.45, 7) is 2.89. The summed E-state index contributed by atoms with van der Waals surface area (Å²) in [6, 6.07) is 0. The van der Waals surface area contributed by atoms with Gasteiger partial charge in [0.05, 0.1) is 6.54 Å². The van der Waals surface area contributed by atoms with Crippen molar-refractivity contribution in [3.05, 3.63) is 4.91 Å². The fourth-order valence-electron chi connectivity index (χ4n) is 3.17. The fourth-order valence-corrected chi connectivity index (χ4v) is 3.17. The van der Waals surface area contributed by atoms with Gasteiger partial charge in [0.25, 0.3) is 0 Å². The van der Waals surface area contributed by atoms with Crippen LogP contribution in [0.2, 0.25) is 0 Å². The maximum absolute atomic E-state index is 10.1. The summed E-state index contributed by atoms with van der Waals surface area (Å²) in [4.78, 5) is 10.1. The van der Waals surface area contributed by atoms with Crippen LogP contribution in [0, 0.1) is 28.6 Å². The predicted molar refractivity (Wildman–Crippen MR) is 53.4 cm³/mol. The van der Waals surface area contributed by atoms with Crippen LogP contribution in [-0.2, 0) is 0 Å². The summed E-state index contributed by atoms with van der Waals surface area (Å²) in [5, 5.41) is 2.98. The Hall–Kier alpha value is -0.400. The second-order valence-electron chi connectivity index (χ2n) is 4.95. The number of fused-ring (bicyclic) bond motifs is 1. The summed E-state index contributed by atoms with van der Waals surface area (Å²) >= 11 is 0. The van der Waals surface area contributed by atoms with E-state index in [9.17, 15) is 4.91 Å². The molecule has 0 aliphatic heterocycles. The van der Waals surface area contributed by atoms with Gasteiger partial charge in [-0.2, -0.15) is 4.91 Å². The van der Waals surface area contributed by atoms with Crippen LogP contribution >= 0.6 is 0 Å². The van der Waals surface area contributed by atoms with Crippen LogP contribution in [0.15, 0.2) is 5.18 Å². The molecular weight excluding hydrogens is 162 g/mol. The standard InChI is InChI=1S/C11H19NO/c1-8-6-10-2-3-11(10)7-9(8)4-5-12-13/h8-11H,2-7H2,1H3. The Balaban J connectivity index is 1.84. The van der Waals surface area contributed by atoms with Crippen molar-refractivity contribution in [1.29, 1.82) is 0 Å². The zero-order chi connectivity index (χ0) is 9.26. The number of nitroso groups, excluding NO2 is 1. The van der Waals surface area contributed by atoms with E-state index in [0.717, 1.165) is 30.1 Å². The molecular formula is C11H19NO. The summed E-state index contributed by atoms with van der Waals surface area (Å²) in [5.41, 5.74) is 0. The maximum Gasteiger partial charge on any atom is 0.0813 e. The lowest BCUT2D eigenvalue weighted by atomic mass is 9.59. The first-order chi connectivity index (χ1) is 6.31. The van der Waals surface area contributed by atoms with E-state index < -0.39 is 0 Å². The zero-order valence-corrected chi connectivity index (χ0v) is 8.41. The molecule has 0 spiro atoms. The monoisotopic (exact) mass is 181 g/mol. The molecule has 2 aliphatic carbocycles. The molecule has 2 nitrogen and oxygen atoms in total. The van der Waals surface area contributed by atoms with Gasteiger partial charge in [-0.1, -0.05) is 12.1 Å². The number of nitrogens with zero attached hydrogens (tertiary/aromatic N) is 1. The predicted octanol–water partition coefficient (Wildman–Crippen LogP) is 3.22. The normalized spacial score (nSPS) is 43.5. The molecule has 0 aromatic heterocycles. The van der Waals surface area contributed by atoms with E-state index in [4.69, 9.17) is 0 Å². The molecule has 4 unspecified atom stereocenters. The van der Waals surface area contributed by atoms with Crippen molar-refractivity contribution in [3.8, 4) is 0 Å². The average Bonchev–Trinajstić information content (AvgIpc) is 2.10. The number of hydrogen-bond donors (Lipinski definition) is 0. The van der Waals surface area contributed by atoms with Crippen LogP contribution in [0.25, 0.3) is 0 Å². The first-order valence-electron chi connectivity index (χ1n) is 5.60. The van der Waals surface area contributed by atoms with Gasteiger partial charge >= 0.3 is 0 Å². The first-order valence-corrected chi connectivity index (χ1v) is 5.60. The third kappa shape index (κ3) is 1.77. The van der Waals surface area contributed by atoms with Crippen molar-refractivity contribution >= 4 is 0 Å². The van der Waals surface area contributed by atoms with Gasteiger partial charge in [0.1, 0.15) is 0 Å². The third-order valence-corrected chi connectivity index (χ3v) is 4.25. The van der Waals surface area contributed by atoms with Gasteiger partial charge in [-0.3, -0.25) is 0 Å². The van der Waals surface area contributed by atoms with Crippen molar-refractivity contribution in [3.63, 3.8) is 0 Å². The molecule has 2 fully saturated rings. The number of rotatable bonds is 3. The second-order valence-corrected chi connectivity index (χ2v) is 4.95. The first kappa shape index (κ1) is 9.17. The van der Waals surface area contributed by atoms with E-state index in [1.54, 1.807) is 0 Å². The van der Waals surface area contributed by atoms with Gasteiger partial charge in [0.2, 0.25) is 0 Å². The minimum atomic E-state index is 0.534. The van der Waals surface area contributed by atoms with E-state index in [0.29, 0.717) is 6.54 Å². The summed E-state index contributed by atoms with van der Waals surface area (Å²) < 4.78 is 0. The molecule has 0 N–H and O–H groups in total. The van der Waals surface area contributed by atoms with E-state index in [2.05, 4.69) is 12.1 Å². The average molecular weight is 181 g/mol. The highest BCUT2D eigenvalue weighted by Crippen LogP contribution is 2.49. The zero-order valence-electron chi connectivity index (χ0n) is 8.41. The second kappa shape index (κ2) is 3.77. The fraction of sp³-hybridized carbons (Fsp3) is 1.00. The van der Waals surface area contributed by atoms with Crippen LogP contribution in [-0.4, -0.2) is 6.54 Å². The van der Waals surface area contributed by atoms with Gasteiger partial charge in [0, 0.05) is 0 Å². The van der Waals surface area contributed by atoms with Crippen molar-refractivity contribution in [2.75, 3.05) is 6.54 Å². The van der Waals surface area contributed by atoms with Crippen molar-refractivity contribution < 1.29 is 0 Å². The van der Waals surface area contributed by atoms with Gasteiger partial charge in [0.15, 0.2) is 0 Å². The topological polar surface area (TPSA) is 29.4 Å². The van der Waals surface area contributed by atoms with E-state index in [1.807, 2.05) is 0 Å². The summed E-state index contributed by atoms with van der Waals surface area (Å²) in [6.07, 6.45) is 6.74. The minimum Gasteiger partial charge on any atom is -0.151 e. The van der Waals surface area contributed by atoms with Crippen molar-refractivity contribution in [2.24, 2.45) is 28.8 Å². The summed E-state index contributed by atoms with van der Waals surface area (Å²) in [5.74, 6) is 3.67. The Morgan fingerprint density at radius 1 is 1.23 bits per heavy atom. The van der Waals surface area contributed by atoms with Crippen LogP contribution in [0.5, 0.6) is 0 Å². The molecule has 0 aromatic carbocycles. The van der Waals surface area contributed by atoms with Crippen LogP contribution in [0.1, 0.15) is 39.0 Å². The molecule has 0 heterocycles. The Bertz CT molecular complexity index is 193. The Morgan fingerprint density at radius 2 is 1.92 bits per heavy atom. The molecule has 2 heteroatoms. The quantitative estimate of drug-likeness (QED) is 0.615. The van der Waals surface area contributed by atoms with Gasteiger partial charge in [-0.15, -0.1) is 0 Å². The lowest BCUT2D eigenvalue weighted by Crippen LogP contribution is -2.37. The molecule has 74 valence electrons. The maximum atomic E-state index is 10.1. The molecule has 2 saturated carbocycles. The molecule has 0 bridgehead atoms. The van der Waals surface area contributed by atoms with E-state index in [1.165, 1.54) is 25.7 Å². The minimum absolute atomic E-state index is 0.534. The van der Waals surface area contributed by atoms with Gasteiger partial charge in [-0.25, -0.2) is 0 Å². The Kier molecular flexibility index (Phi) is 2.66. The molecule has 0 saturated heterocycles.